The van der Waals surface area contributed by atoms with Gasteiger partial charge in [-0.15, -0.1) is 6.42 Å². The van der Waals surface area contributed by atoms with Gasteiger partial charge in [-0.05, 0) is 19.1 Å². The zero-order valence-electron chi connectivity index (χ0n) is 8.81. The Bertz CT molecular complexity index is 366. The molecule has 1 fully saturated rings. The highest BCUT2D eigenvalue weighted by Crippen LogP contribution is 2.16. The van der Waals surface area contributed by atoms with Crippen LogP contribution in [0.1, 0.15) is 12.6 Å². The van der Waals surface area contributed by atoms with E-state index in [1.165, 1.54) is 0 Å². The van der Waals surface area contributed by atoms with Gasteiger partial charge in [0.25, 0.3) is 0 Å². The topological polar surface area (TPSA) is 25.4 Å². The molecule has 2 heterocycles. The molecule has 0 N–H and O–H groups in total. The molecule has 0 bridgehead atoms. The lowest BCUT2D eigenvalue weighted by Gasteiger charge is -2.32. The van der Waals surface area contributed by atoms with Crippen LogP contribution in [0, 0.1) is 12.3 Å². The van der Waals surface area contributed by atoms with Gasteiger partial charge in [-0.2, -0.15) is 0 Å². The molecule has 1 aromatic heterocycles. The molecule has 15 heavy (non-hydrogen) atoms. The first kappa shape index (κ1) is 10.0. The quantitative estimate of drug-likeness (QED) is 0.642. The number of anilines is 1. The van der Waals surface area contributed by atoms with Crippen molar-refractivity contribution in [2.24, 2.45) is 0 Å². The summed E-state index contributed by atoms with van der Waals surface area (Å²) in [5.74, 6) is 2.51. The highest BCUT2D eigenvalue weighted by atomic mass is 16.5. The monoisotopic (exact) mass is 202 g/mol. The number of aromatic nitrogens is 1. The van der Waals surface area contributed by atoms with Crippen LogP contribution in [0.15, 0.2) is 18.3 Å². The van der Waals surface area contributed by atoms with Gasteiger partial charge in [0.15, 0.2) is 0 Å². The first-order chi connectivity index (χ1) is 7.29. The minimum Gasteiger partial charge on any atom is -0.375 e. The Balaban J connectivity index is 2.12. The van der Waals surface area contributed by atoms with Crippen LogP contribution in [0.4, 0.5) is 5.69 Å². The lowest BCUT2D eigenvalue weighted by Crippen LogP contribution is -2.41. The second kappa shape index (κ2) is 4.33. The first-order valence-electron chi connectivity index (χ1n) is 5.09. The fraction of sp³-hybridized carbons (Fsp3) is 0.417. The zero-order chi connectivity index (χ0) is 10.7. The molecule has 0 amide bonds. The fourth-order valence-corrected chi connectivity index (χ4v) is 1.71. The summed E-state index contributed by atoms with van der Waals surface area (Å²) in [4.78, 5) is 6.44. The summed E-state index contributed by atoms with van der Waals surface area (Å²) in [6, 6.07) is 3.88. The molecule has 0 aromatic carbocycles. The smallest absolute Gasteiger partial charge is 0.113 e. The van der Waals surface area contributed by atoms with Crippen LogP contribution in [-0.4, -0.2) is 30.8 Å². The van der Waals surface area contributed by atoms with E-state index >= 15 is 0 Å². The number of hydrogen-bond acceptors (Lipinski definition) is 3. The zero-order valence-corrected chi connectivity index (χ0v) is 8.81. The average molecular weight is 202 g/mol. The minimum atomic E-state index is 0.283. The summed E-state index contributed by atoms with van der Waals surface area (Å²) in [6.45, 7) is 4.69. The predicted molar refractivity (Wildman–Crippen MR) is 59.8 cm³/mol. The van der Waals surface area contributed by atoms with Gasteiger partial charge in [0.2, 0.25) is 0 Å². The number of nitrogens with zero attached hydrogens (tertiary/aromatic N) is 2. The molecule has 3 nitrogen and oxygen atoms in total. The van der Waals surface area contributed by atoms with Crippen molar-refractivity contribution >= 4 is 5.69 Å². The number of morpholine rings is 1. The number of terminal acetylenes is 1. The Morgan fingerprint density at radius 1 is 1.60 bits per heavy atom. The van der Waals surface area contributed by atoms with E-state index < -0.39 is 0 Å². The van der Waals surface area contributed by atoms with Crippen molar-refractivity contribution in [3.63, 3.8) is 0 Å². The Kier molecular flexibility index (Phi) is 2.89. The molecule has 78 valence electrons. The van der Waals surface area contributed by atoms with Crippen molar-refractivity contribution in [3.8, 4) is 12.3 Å². The van der Waals surface area contributed by atoms with Crippen LogP contribution in [0.2, 0.25) is 0 Å². The lowest BCUT2D eigenvalue weighted by molar-refractivity contribution is 0.0532. The van der Waals surface area contributed by atoms with E-state index in [2.05, 4.69) is 22.7 Å². The lowest BCUT2D eigenvalue weighted by atomic mass is 10.2. The SMILES string of the molecule is C#Cc1ccc(N2CCO[C@@H](C)C2)cn1. The Morgan fingerprint density at radius 3 is 3.07 bits per heavy atom. The van der Waals surface area contributed by atoms with Crippen molar-refractivity contribution in [1.29, 1.82) is 0 Å². The summed E-state index contributed by atoms with van der Waals surface area (Å²) < 4.78 is 5.48. The van der Waals surface area contributed by atoms with E-state index in [1.807, 2.05) is 18.3 Å². The molecule has 1 aliphatic heterocycles. The first-order valence-corrected chi connectivity index (χ1v) is 5.09. The molecule has 1 aromatic rings. The van der Waals surface area contributed by atoms with E-state index in [-0.39, 0.29) is 6.10 Å². The molecule has 0 saturated carbocycles. The predicted octanol–water partition coefficient (Wildman–Crippen LogP) is 1.29. The summed E-state index contributed by atoms with van der Waals surface area (Å²) >= 11 is 0. The largest absolute Gasteiger partial charge is 0.375 e. The molecular formula is C12H14N2O. The molecule has 0 unspecified atom stereocenters. The highest BCUT2D eigenvalue weighted by Gasteiger charge is 2.16. The van der Waals surface area contributed by atoms with E-state index in [0.717, 1.165) is 25.4 Å². The maximum absolute atomic E-state index is 5.48. The molecule has 1 aliphatic rings. The van der Waals surface area contributed by atoms with E-state index in [4.69, 9.17) is 11.2 Å². The molecule has 1 atom stereocenters. The third-order valence-electron chi connectivity index (χ3n) is 2.50. The Morgan fingerprint density at radius 2 is 2.47 bits per heavy atom. The third-order valence-corrected chi connectivity index (χ3v) is 2.50. The van der Waals surface area contributed by atoms with Gasteiger partial charge in [0.05, 0.1) is 24.6 Å². The van der Waals surface area contributed by atoms with E-state index in [1.54, 1.807) is 0 Å². The second-order valence-corrected chi connectivity index (χ2v) is 3.67. The second-order valence-electron chi connectivity index (χ2n) is 3.67. The summed E-state index contributed by atoms with van der Waals surface area (Å²) in [7, 11) is 0. The fourth-order valence-electron chi connectivity index (χ4n) is 1.71. The number of hydrogen-bond donors (Lipinski definition) is 0. The number of rotatable bonds is 1. The average Bonchev–Trinajstić information content (AvgIpc) is 2.29. The highest BCUT2D eigenvalue weighted by molar-refractivity contribution is 5.46. The maximum Gasteiger partial charge on any atom is 0.113 e. The van der Waals surface area contributed by atoms with E-state index in [0.29, 0.717) is 5.69 Å². The van der Waals surface area contributed by atoms with Gasteiger partial charge in [-0.3, -0.25) is 0 Å². The van der Waals surface area contributed by atoms with Crippen LogP contribution in [-0.2, 0) is 4.74 Å². The van der Waals surface area contributed by atoms with Crippen molar-refractivity contribution < 1.29 is 4.74 Å². The van der Waals surface area contributed by atoms with Crippen LogP contribution < -0.4 is 4.90 Å². The standard InChI is InChI=1S/C12H14N2O/c1-3-11-4-5-12(8-13-11)14-6-7-15-10(2)9-14/h1,4-5,8,10H,6-7,9H2,2H3/t10-/m0/s1. The molecular weight excluding hydrogens is 188 g/mol. The van der Waals surface area contributed by atoms with Gasteiger partial charge in [-0.25, -0.2) is 4.98 Å². The molecule has 0 spiro atoms. The minimum absolute atomic E-state index is 0.283. The van der Waals surface area contributed by atoms with Crippen molar-refractivity contribution in [3.05, 3.63) is 24.0 Å². The van der Waals surface area contributed by atoms with Crippen LogP contribution in [0.3, 0.4) is 0 Å². The number of pyridine rings is 1. The van der Waals surface area contributed by atoms with Gasteiger partial charge in [0, 0.05) is 13.1 Å². The molecule has 0 radical (unpaired) electrons. The maximum atomic E-state index is 5.48. The molecule has 1 saturated heterocycles. The summed E-state index contributed by atoms with van der Waals surface area (Å²) in [5.41, 5.74) is 1.80. The van der Waals surface area contributed by atoms with Gasteiger partial charge in [0.1, 0.15) is 5.69 Å². The summed E-state index contributed by atoms with van der Waals surface area (Å²) in [5, 5.41) is 0. The van der Waals surface area contributed by atoms with Crippen LogP contribution >= 0.6 is 0 Å². The van der Waals surface area contributed by atoms with Crippen LogP contribution in [0.25, 0.3) is 0 Å². The molecule has 2 rings (SSSR count). The van der Waals surface area contributed by atoms with E-state index in [9.17, 15) is 0 Å². The van der Waals surface area contributed by atoms with Crippen molar-refractivity contribution in [2.45, 2.75) is 13.0 Å². The Labute approximate surface area is 90.1 Å². The van der Waals surface area contributed by atoms with Gasteiger partial charge < -0.3 is 9.64 Å². The third kappa shape index (κ3) is 2.28. The van der Waals surface area contributed by atoms with Gasteiger partial charge in [-0.1, -0.05) is 5.92 Å². The molecule has 3 heteroatoms. The molecule has 0 aliphatic carbocycles. The number of ether oxygens (including phenoxy) is 1. The Hall–Kier alpha value is -1.53. The van der Waals surface area contributed by atoms with Gasteiger partial charge >= 0.3 is 0 Å². The van der Waals surface area contributed by atoms with Crippen molar-refractivity contribution in [2.75, 3.05) is 24.6 Å². The van der Waals surface area contributed by atoms with Crippen LogP contribution in [0.5, 0.6) is 0 Å². The normalized spacial score (nSPS) is 21.1. The van der Waals surface area contributed by atoms with Crippen molar-refractivity contribution in [1.82, 2.24) is 4.98 Å². The summed E-state index contributed by atoms with van der Waals surface area (Å²) in [6.07, 6.45) is 7.36.